The van der Waals surface area contributed by atoms with Crippen LogP contribution in [-0.4, -0.2) is 28.9 Å². The minimum Gasteiger partial charge on any atom is -0.495 e. The van der Waals surface area contributed by atoms with Gasteiger partial charge in [0.1, 0.15) is 11.6 Å². The van der Waals surface area contributed by atoms with Gasteiger partial charge in [-0.15, -0.1) is 0 Å². The third-order valence-electron chi connectivity index (χ3n) is 4.58. The lowest BCUT2D eigenvalue weighted by Crippen LogP contribution is -2.25. The summed E-state index contributed by atoms with van der Waals surface area (Å²) < 4.78 is 5.47. The second-order valence-electron chi connectivity index (χ2n) is 6.84. The highest BCUT2D eigenvalue weighted by molar-refractivity contribution is 5.98. The molecule has 1 atom stereocenters. The summed E-state index contributed by atoms with van der Waals surface area (Å²) in [6, 6.07) is 5.45. The van der Waals surface area contributed by atoms with Crippen molar-refractivity contribution in [3.8, 4) is 5.75 Å². The number of fused-ring (bicyclic) bond motifs is 1. The summed E-state index contributed by atoms with van der Waals surface area (Å²) in [4.78, 5) is 33.1. The Morgan fingerprint density at radius 3 is 2.85 bits per heavy atom. The Labute approximate surface area is 158 Å². The maximum Gasteiger partial charge on any atom is 0.225 e. The number of carbonyl (C=O) groups is 2. The zero-order valence-electron chi connectivity index (χ0n) is 16.0. The summed E-state index contributed by atoms with van der Waals surface area (Å²) >= 11 is 0. The molecule has 0 radical (unpaired) electrons. The average molecular weight is 368 g/mol. The highest BCUT2D eigenvalue weighted by atomic mass is 16.5. The van der Waals surface area contributed by atoms with Crippen molar-refractivity contribution in [2.45, 2.75) is 45.4 Å². The van der Waals surface area contributed by atoms with E-state index in [0.717, 1.165) is 17.1 Å². The average Bonchev–Trinajstić information content (AvgIpc) is 2.66. The van der Waals surface area contributed by atoms with Gasteiger partial charge in [0.25, 0.3) is 0 Å². The van der Waals surface area contributed by atoms with Gasteiger partial charge in [-0.1, -0.05) is 20.8 Å². The molecular weight excluding hydrogens is 344 g/mol. The van der Waals surface area contributed by atoms with E-state index in [2.05, 4.69) is 20.6 Å². The highest BCUT2D eigenvalue weighted by Crippen LogP contribution is 2.41. The summed E-state index contributed by atoms with van der Waals surface area (Å²) in [5, 5.41) is 5.70. The molecule has 27 heavy (non-hydrogen) atoms. The lowest BCUT2D eigenvalue weighted by Gasteiger charge is -2.27. The minimum absolute atomic E-state index is 0.0878. The van der Waals surface area contributed by atoms with Crippen LogP contribution < -0.4 is 15.4 Å². The Kier molecular flexibility index (Phi) is 5.39. The highest BCUT2D eigenvalue weighted by Gasteiger charge is 2.29. The van der Waals surface area contributed by atoms with E-state index in [9.17, 15) is 9.59 Å². The zero-order valence-corrected chi connectivity index (χ0v) is 16.0. The van der Waals surface area contributed by atoms with Gasteiger partial charge in [-0.3, -0.25) is 9.59 Å². The summed E-state index contributed by atoms with van der Waals surface area (Å²) in [5.41, 5.74) is 2.91. The van der Waals surface area contributed by atoms with Crippen LogP contribution in [0, 0.1) is 0 Å². The number of hydrogen-bond acceptors (Lipinski definition) is 5. The molecule has 1 aromatic heterocycles. The molecule has 0 saturated carbocycles. The number of benzene rings is 1. The lowest BCUT2D eigenvalue weighted by atomic mass is 9.87. The number of anilines is 2. The largest absolute Gasteiger partial charge is 0.495 e. The quantitative estimate of drug-likeness (QED) is 0.843. The second kappa shape index (κ2) is 7.73. The van der Waals surface area contributed by atoms with Gasteiger partial charge in [0.05, 0.1) is 18.5 Å². The molecule has 7 heteroatoms. The van der Waals surface area contributed by atoms with Crippen molar-refractivity contribution in [3.05, 3.63) is 41.5 Å². The van der Waals surface area contributed by atoms with Gasteiger partial charge < -0.3 is 15.4 Å². The van der Waals surface area contributed by atoms with Crippen LogP contribution in [0.4, 0.5) is 11.4 Å². The molecule has 3 rings (SSSR count). The first-order valence-corrected chi connectivity index (χ1v) is 9.07. The molecule has 2 amide bonds. The van der Waals surface area contributed by atoms with Crippen LogP contribution in [0.5, 0.6) is 5.75 Å². The van der Waals surface area contributed by atoms with Gasteiger partial charge in [-0.25, -0.2) is 9.97 Å². The number of nitrogens with one attached hydrogen (secondary N) is 2. The molecule has 0 bridgehead atoms. The Balaban J connectivity index is 2.07. The number of amides is 2. The first-order chi connectivity index (χ1) is 12.9. The molecule has 1 aromatic carbocycles. The van der Waals surface area contributed by atoms with E-state index in [0.29, 0.717) is 30.0 Å². The number of ether oxygens (including phenoxy) is 1. The van der Waals surface area contributed by atoms with Crippen molar-refractivity contribution in [3.63, 3.8) is 0 Å². The molecular formula is C20H24N4O3. The van der Waals surface area contributed by atoms with E-state index < -0.39 is 0 Å². The molecule has 0 fully saturated rings. The van der Waals surface area contributed by atoms with Crippen LogP contribution in [-0.2, 0) is 9.59 Å². The zero-order chi connectivity index (χ0) is 19.6. The fourth-order valence-electron chi connectivity index (χ4n) is 3.12. The smallest absolute Gasteiger partial charge is 0.225 e. The third kappa shape index (κ3) is 3.92. The van der Waals surface area contributed by atoms with Crippen LogP contribution >= 0.6 is 0 Å². The van der Waals surface area contributed by atoms with Crippen molar-refractivity contribution < 1.29 is 14.3 Å². The van der Waals surface area contributed by atoms with Crippen molar-refractivity contribution >= 4 is 23.2 Å². The molecule has 0 spiro atoms. The van der Waals surface area contributed by atoms with Crippen LogP contribution in [0.2, 0.25) is 0 Å². The third-order valence-corrected chi connectivity index (χ3v) is 4.58. The minimum atomic E-state index is -0.195. The van der Waals surface area contributed by atoms with Crippen molar-refractivity contribution in [1.82, 2.24) is 9.97 Å². The monoisotopic (exact) mass is 368 g/mol. The maximum atomic E-state index is 12.3. The molecule has 0 unspecified atom stereocenters. The number of carbonyl (C=O) groups excluding carboxylic acids is 2. The van der Waals surface area contributed by atoms with E-state index >= 15 is 0 Å². The van der Waals surface area contributed by atoms with Crippen LogP contribution in [0.3, 0.4) is 0 Å². The number of rotatable bonds is 5. The summed E-state index contributed by atoms with van der Waals surface area (Å²) in [5.74, 6) is 1.09. The standard InChI is InChI=1S/C20H24N4O3/c1-5-18(25)23-16-10-15-12(8-17(16)27-4)13(9-19(26)22-15)14-6-7-21-20(24-14)11(2)3/h6-8,10-11,13H,5,9H2,1-4H3,(H,22,26)(H,23,25)/t13-/m0/s1. The SMILES string of the molecule is CCC(=O)Nc1cc2c(cc1OC)[C@@H](c1ccnc(C(C)C)n1)CC(=O)N2. The summed E-state index contributed by atoms with van der Waals surface area (Å²) in [7, 11) is 1.56. The normalized spacial score (nSPS) is 15.9. The van der Waals surface area contributed by atoms with Crippen molar-refractivity contribution in [2.24, 2.45) is 0 Å². The van der Waals surface area contributed by atoms with Gasteiger partial charge in [0.15, 0.2) is 0 Å². The lowest BCUT2D eigenvalue weighted by molar-refractivity contribution is -0.117. The van der Waals surface area contributed by atoms with E-state index in [-0.39, 0.29) is 23.7 Å². The number of methoxy groups -OCH3 is 1. The Morgan fingerprint density at radius 1 is 1.41 bits per heavy atom. The van der Waals surface area contributed by atoms with Gasteiger partial charge >= 0.3 is 0 Å². The molecule has 142 valence electrons. The fourth-order valence-corrected chi connectivity index (χ4v) is 3.12. The first kappa shape index (κ1) is 18.8. The first-order valence-electron chi connectivity index (χ1n) is 9.07. The van der Waals surface area contributed by atoms with E-state index in [1.807, 2.05) is 26.0 Å². The Bertz CT molecular complexity index is 880. The van der Waals surface area contributed by atoms with Gasteiger partial charge in [-0.2, -0.15) is 0 Å². The molecule has 1 aliphatic rings. The summed E-state index contributed by atoms with van der Waals surface area (Å²) in [6.07, 6.45) is 2.39. The Morgan fingerprint density at radius 2 is 2.19 bits per heavy atom. The predicted octanol–water partition coefficient (Wildman–Crippen LogP) is 3.43. The molecule has 0 saturated heterocycles. The summed E-state index contributed by atoms with van der Waals surface area (Å²) in [6.45, 7) is 5.85. The van der Waals surface area contributed by atoms with Crippen LogP contribution in [0.15, 0.2) is 24.4 Å². The molecule has 0 aliphatic carbocycles. The molecule has 1 aliphatic heterocycles. The molecule has 2 N–H and O–H groups in total. The van der Waals surface area contributed by atoms with Gasteiger partial charge in [0.2, 0.25) is 11.8 Å². The van der Waals surface area contributed by atoms with E-state index in [1.54, 1.807) is 26.3 Å². The predicted molar refractivity (Wildman–Crippen MR) is 103 cm³/mol. The number of hydrogen-bond donors (Lipinski definition) is 2. The van der Waals surface area contributed by atoms with Gasteiger partial charge in [-0.05, 0) is 23.8 Å². The Hall–Kier alpha value is -2.96. The molecule has 2 aromatic rings. The van der Waals surface area contributed by atoms with Crippen LogP contribution in [0.25, 0.3) is 0 Å². The van der Waals surface area contributed by atoms with Crippen molar-refractivity contribution in [1.29, 1.82) is 0 Å². The fraction of sp³-hybridized carbons (Fsp3) is 0.400. The second-order valence-corrected chi connectivity index (χ2v) is 6.84. The van der Waals surface area contributed by atoms with Gasteiger partial charge in [0, 0.05) is 36.6 Å². The number of aromatic nitrogens is 2. The van der Waals surface area contributed by atoms with Crippen molar-refractivity contribution in [2.75, 3.05) is 17.7 Å². The number of nitrogens with zero attached hydrogens (tertiary/aromatic N) is 2. The van der Waals surface area contributed by atoms with E-state index in [1.165, 1.54) is 0 Å². The van der Waals surface area contributed by atoms with Crippen LogP contribution in [0.1, 0.15) is 62.5 Å². The van der Waals surface area contributed by atoms with E-state index in [4.69, 9.17) is 4.74 Å². The molecule has 7 nitrogen and oxygen atoms in total. The topological polar surface area (TPSA) is 93.2 Å². The molecule has 2 heterocycles. The maximum absolute atomic E-state index is 12.3.